The third kappa shape index (κ3) is 6.22. The topological polar surface area (TPSA) is 90.9 Å². The summed E-state index contributed by atoms with van der Waals surface area (Å²) in [4.78, 5) is 28.3. The predicted octanol–water partition coefficient (Wildman–Crippen LogP) is 2.96. The molecule has 7 unspecified atom stereocenters. The van der Waals surface area contributed by atoms with Crippen LogP contribution in [0, 0.1) is 35.0 Å². The summed E-state index contributed by atoms with van der Waals surface area (Å²) < 4.78 is 5.40. The van der Waals surface area contributed by atoms with Crippen molar-refractivity contribution in [1.82, 2.24) is 15.5 Å². The smallest absolute Gasteiger partial charge is 0.223 e. The zero-order valence-electron chi connectivity index (χ0n) is 22.3. The first kappa shape index (κ1) is 26.9. The van der Waals surface area contributed by atoms with Crippen molar-refractivity contribution in [2.24, 2.45) is 35.0 Å². The van der Waals surface area contributed by atoms with E-state index in [1.807, 2.05) is 6.92 Å². The number of morpholine rings is 1. The largest absolute Gasteiger partial charge is 0.392 e. The molecule has 0 aromatic rings. The normalized spacial score (nSPS) is 37.8. The molecule has 3 saturated carbocycles. The van der Waals surface area contributed by atoms with Crippen molar-refractivity contribution in [3.63, 3.8) is 0 Å². The summed E-state index contributed by atoms with van der Waals surface area (Å²) >= 11 is 0. The minimum atomic E-state index is -0.516. The number of amides is 2. The molecule has 0 aromatic heterocycles. The number of carbonyl (C=O) groups is 2. The number of hydrogen-bond acceptors (Lipinski definition) is 5. The molecule has 200 valence electrons. The van der Waals surface area contributed by atoms with Gasteiger partial charge < -0.3 is 20.5 Å². The van der Waals surface area contributed by atoms with E-state index in [0.717, 1.165) is 84.2 Å². The zero-order chi connectivity index (χ0) is 25.0. The number of carbonyl (C=O) groups excluding carboxylic acids is 2. The highest BCUT2D eigenvalue weighted by molar-refractivity contribution is 5.79. The molecule has 1 saturated heterocycles. The van der Waals surface area contributed by atoms with E-state index in [0.29, 0.717) is 6.54 Å². The SMILES string of the molecule is CC(C(=O)NCCN1CCOCC1)C1CCC2(C)CCC(NC(=O)C3CCCCC3)C(C)C2C1O. The highest BCUT2D eigenvalue weighted by atomic mass is 16.5. The number of nitrogens with zero attached hydrogens (tertiary/aromatic N) is 1. The quantitative estimate of drug-likeness (QED) is 0.509. The summed E-state index contributed by atoms with van der Waals surface area (Å²) in [6, 6.07) is 0.119. The van der Waals surface area contributed by atoms with Crippen LogP contribution in [0.5, 0.6) is 0 Å². The van der Waals surface area contributed by atoms with Crippen LogP contribution in [-0.4, -0.2) is 73.4 Å². The summed E-state index contributed by atoms with van der Waals surface area (Å²) in [5.41, 5.74) is 0.0773. The Morgan fingerprint density at radius 2 is 1.77 bits per heavy atom. The van der Waals surface area contributed by atoms with Gasteiger partial charge >= 0.3 is 0 Å². The Labute approximate surface area is 212 Å². The van der Waals surface area contributed by atoms with Crippen LogP contribution >= 0.6 is 0 Å². The molecule has 1 aliphatic heterocycles. The van der Waals surface area contributed by atoms with Crippen LogP contribution in [0.15, 0.2) is 0 Å². The molecule has 0 radical (unpaired) electrons. The number of hydrogen-bond donors (Lipinski definition) is 3. The minimum Gasteiger partial charge on any atom is -0.392 e. The van der Waals surface area contributed by atoms with Crippen LogP contribution in [0.3, 0.4) is 0 Å². The summed E-state index contributed by atoms with van der Waals surface area (Å²) in [5.74, 6) is 0.493. The van der Waals surface area contributed by atoms with Crippen molar-refractivity contribution in [3.05, 3.63) is 0 Å². The van der Waals surface area contributed by atoms with Gasteiger partial charge in [-0.2, -0.15) is 0 Å². The van der Waals surface area contributed by atoms with E-state index in [1.54, 1.807) is 0 Å². The summed E-state index contributed by atoms with van der Waals surface area (Å²) in [6.07, 6.45) is 9.01. The Kier molecular flexibility index (Phi) is 9.14. The molecule has 7 nitrogen and oxygen atoms in total. The van der Waals surface area contributed by atoms with Crippen molar-refractivity contribution in [3.8, 4) is 0 Å². The Hall–Kier alpha value is -1.18. The number of aliphatic hydroxyl groups excluding tert-OH is 1. The molecule has 4 aliphatic rings. The van der Waals surface area contributed by atoms with E-state index in [2.05, 4.69) is 29.4 Å². The first-order valence-electron chi connectivity index (χ1n) is 14.4. The van der Waals surface area contributed by atoms with Gasteiger partial charge in [-0.1, -0.05) is 40.0 Å². The van der Waals surface area contributed by atoms with Crippen LogP contribution in [0.4, 0.5) is 0 Å². The van der Waals surface area contributed by atoms with E-state index in [9.17, 15) is 14.7 Å². The van der Waals surface area contributed by atoms with Gasteiger partial charge in [0.05, 0.1) is 19.3 Å². The van der Waals surface area contributed by atoms with E-state index in [1.165, 1.54) is 6.42 Å². The van der Waals surface area contributed by atoms with Crippen LogP contribution in [0.25, 0.3) is 0 Å². The number of nitrogens with one attached hydrogen (secondary N) is 2. The number of ether oxygens (including phenoxy) is 1. The second-order valence-corrected chi connectivity index (χ2v) is 12.3. The lowest BCUT2D eigenvalue weighted by atomic mass is 9.51. The summed E-state index contributed by atoms with van der Waals surface area (Å²) in [5, 5.41) is 18.1. The van der Waals surface area contributed by atoms with Crippen molar-refractivity contribution in [2.75, 3.05) is 39.4 Å². The van der Waals surface area contributed by atoms with Crippen LogP contribution in [0.2, 0.25) is 0 Å². The lowest BCUT2D eigenvalue weighted by Crippen LogP contribution is -2.59. The maximum absolute atomic E-state index is 13.0. The maximum atomic E-state index is 13.0. The predicted molar refractivity (Wildman–Crippen MR) is 137 cm³/mol. The third-order valence-corrected chi connectivity index (χ3v) is 10.1. The number of aliphatic hydroxyl groups is 1. The van der Waals surface area contributed by atoms with Gasteiger partial charge in [0.25, 0.3) is 0 Å². The van der Waals surface area contributed by atoms with E-state index < -0.39 is 6.10 Å². The average molecular weight is 492 g/mol. The maximum Gasteiger partial charge on any atom is 0.223 e. The second kappa shape index (κ2) is 11.9. The highest BCUT2D eigenvalue weighted by Crippen LogP contribution is 2.55. The molecule has 7 atom stereocenters. The molecule has 2 amide bonds. The van der Waals surface area contributed by atoms with Gasteiger partial charge in [-0.3, -0.25) is 14.5 Å². The molecule has 1 heterocycles. The Morgan fingerprint density at radius 3 is 2.49 bits per heavy atom. The van der Waals surface area contributed by atoms with Gasteiger partial charge in [0.1, 0.15) is 0 Å². The molecule has 0 bridgehead atoms. The molecule has 0 spiro atoms. The van der Waals surface area contributed by atoms with E-state index in [4.69, 9.17) is 4.74 Å². The summed E-state index contributed by atoms with van der Waals surface area (Å²) in [7, 11) is 0. The highest BCUT2D eigenvalue weighted by Gasteiger charge is 2.54. The second-order valence-electron chi connectivity index (χ2n) is 12.3. The molecule has 3 aliphatic carbocycles. The van der Waals surface area contributed by atoms with Gasteiger partial charge in [0, 0.05) is 44.1 Å². The Morgan fingerprint density at radius 1 is 1.09 bits per heavy atom. The molecular formula is C28H49N3O4. The van der Waals surface area contributed by atoms with Crippen molar-refractivity contribution in [1.29, 1.82) is 0 Å². The lowest BCUT2D eigenvalue weighted by Gasteiger charge is -2.56. The van der Waals surface area contributed by atoms with Crippen LogP contribution in [0.1, 0.15) is 78.6 Å². The molecule has 7 heteroatoms. The zero-order valence-corrected chi connectivity index (χ0v) is 22.3. The van der Waals surface area contributed by atoms with Crippen LogP contribution in [-0.2, 0) is 14.3 Å². The first-order valence-corrected chi connectivity index (χ1v) is 14.4. The molecular weight excluding hydrogens is 442 g/mol. The standard InChI is InChI=1S/C28H49N3O4/c1-19(26(33)29-13-14-31-15-17-35-18-16-31)22-9-11-28(3)12-10-23(20(2)24(28)25(22)32)30-27(34)21-7-5-4-6-8-21/h19-25,32H,4-18H2,1-3H3,(H,29,33)(H,30,34). The fourth-order valence-electron chi connectivity index (χ4n) is 7.68. The minimum absolute atomic E-state index is 0.0355. The number of fused-ring (bicyclic) bond motifs is 1. The summed E-state index contributed by atoms with van der Waals surface area (Å²) in [6.45, 7) is 11.4. The van der Waals surface area contributed by atoms with Crippen molar-refractivity contribution >= 4 is 11.8 Å². The lowest BCUT2D eigenvalue weighted by molar-refractivity contribution is -0.144. The molecule has 4 rings (SSSR count). The van der Waals surface area contributed by atoms with Gasteiger partial charge in [-0.05, 0) is 61.7 Å². The van der Waals surface area contributed by atoms with E-state index in [-0.39, 0.29) is 52.9 Å². The van der Waals surface area contributed by atoms with Gasteiger partial charge in [-0.25, -0.2) is 0 Å². The van der Waals surface area contributed by atoms with Gasteiger partial charge in [0.15, 0.2) is 0 Å². The van der Waals surface area contributed by atoms with Crippen molar-refractivity contribution < 1.29 is 19.4 Å². The third-order valence-electron chi connectivity index (χ3n) is 10.1. The average Bonchev–Trinajstić information content (AvgIpc) is 2.86. The fourth-order valence-corrected chi connectivity index (χ4v) is 7.68. The Balaban J connectivity index is 1.33. The molecule has 35 heavy (non-hydrogen) atoms. The Bertz CT molecular complexity index is 721. The molecule has 0 aromatic carbocycles. The van der Waals surface area contributed by atoms with Crippen molar-refractivity contribution in [2.45, 2.75) is 90.7 Å². The van der Waals surface area contributed by atoms with E-state index >= 15 is 0 Å². The van der Waals surface area contributed by atoms with Gasteiger partial charge in [0.2, 0.25) is 11.8 Å². The monoisotopic (exact) mass is 491 g/mol. The number of rotatable bonds is 7. The van der Waals surface area contributed by atoms with Gasteiger partial charge in [-0.15, -0.1) is 0 Å². The van der Waals surface area contributed by atoms with Crippen LogP contribution < -0.4 is 10.6 Å². The molecule has 4 fully saturated rings. The first-order chi connectivity index (χ1) is 16.8. The molecule has 3 N–H and O–H groups in total. The fraction of sp³-hybridized carbons (Fsp3) is 0.929.